The molecule has 6 heteroatoms. The fourth-order valence-corrected chi connectivity index (χ4v) is 2.37. The average Bonchev–Trinajstić information content (AvgIpc) is 2.33. The second-order valence-electron chi connectivity index (χ2n) is 5.28. The van der Waals surface area contributed by atoms with Crippen LogP contribution in [-0.4, -0.2) is 17.1 Å². The lowest BCUT2D eigenvalue weighted by Gasteiger charge is -2.14. The van der Waals surface area contributed by atoms with E-state index >= 15 is 0 Å². The Morgan fingerprint density at radius 3 is 2.52 bits per heavy atom. The van der Waals surface area contributed by atoms with Crippen LogP contribution in [0.2, 0.25) is 0 Å². The van der Waals surface area contributed by atoms with Crippen molar-refractivity contribution in [3.63, 3.8) is 0 Å². The van der Waals surface area contributed by atoms with E-state index in [-0.39, 0.29) is 23.6 Å². The minimum absolute atomic E-state index is 0.00293. The Morgan fingerprint density at radius 1 is 1.38 bits per heavy atom. The fraction of sp³-hybridized carbons (Fsp3) is 0.467. The van der Waals surface area contributed by atoms with Crippen LogP contribution in [0.25, 0.3) is 0 Å². The van der Waals surface area contributed by atoms with Crippen LogP contribution in [0.15, 0.2) is 16.6 Å². The zero-order valence-corrected chi connectivity index (χ0v) is 14.9. The molecule has 1 N–H and O–H groups in total. The molecular weight excluding hydrogens is 357 g/mol. The smallest absolute Gasteiger partial charge is 0.227 e. The second kappa shape index (κ2) is 7.84. The Morgan fingerprint density at radius 2 is 2.00 bits per heavy atom. The standard InChI is InChI=1S/C15H19BrFNO2S/c1-8(2)15(19)18-13-5-10(11(16)7-12(13)17)6-14(21)20-9(3)4/h5,7-9H,6H2,1-4H3,(H,18,19). The Balaban J connectivity index is 2.95. The molecule has 1 aromatic rings. The lowest BCUT2D eigenvalue weighted by atomic mass is 10.1. The van der Waals surface area contributed by atoms with Gasteiger partial charge in [0.15, 0.2) is 5.05 Å². The summed E-state index contributed by atoms with van der Waals surface area (Å²) in [4.78, 5) is 11.7. The van der Waals surface area contributed by atoms with Gasteiger partial charge in [-0.3, -0.25) is 4.79 Å². The molecule has 1 rings (SSSR count). The number of halogens is 2. The normalized spacial score (nSPS) is 10.9. The lowest BCUT2D eigenvalue weighted by Crippen LogP contribution is -2.19. The van der Waals surface area contributed by atoms with Crippen molar-refractivity contribution in [3.05, 3.63) is 28.0 Å². The molecule has 0 heterocycles. The maximum Gasteiger partial charge on any atom is 0.227 e. The van der Waals surface area contributed by atoms with E-state index in [4.69, 9.17) is 17.0 Å². The van der Waals surface area contributed by atoms with Crippen molar-refractivity contribution in [1.82, 2.24) is 0 Å². The molecule has 0 atom stereocenters. The fourth-order valence-electron chi connectivity index (χ4n) is 1.56. The number of nitrogens with one attached hydrogen (secondary N) is 1. The first-order valence-electron chi connectivity index (χ1n) is 6.69. The summed E-state index contributed by atoms with van der Waals surface area (Å²) in [5.41, 5.74) is 0.917. The van der Waals surface area contributed by atoms with Gasteiger partial charge in [-0.25, -0.2) is 4.39 Å². The third-order valence-electron chi connectivity index (χ3n) is 2.62. The molecule has 0 aliphatic heterocycles. The summed E-state index contributed by atoms with van der Waals surface area (Å²) < 4.78 is 19.9. The highest BCUT2D eigenvalue weighted by Crippen LogP contribution is 2.26. The largest absolute Gasteiger partial charge is 0.484 e. The molecule has 0 bridgehead atoms. The van der Waals surface area contributed by atoms with Gasteiger partial charge in [0.05, 0.1) is 11.8 Å². The maximum absolute atomic E-state index is 13.9. The Hall–Kier alpha value is -1.01. The molecule has 0 aromatic heterocycles. The molecule has 0 aliphatic rings. The number of hydrogen-bond acceptors (Lipinski definition) is 3. The first-order chi connectivity index (χ1) is 9.70. The highest BCUT2D eigenvalue weighted by Gasteiger charge is 2.14. The third-order valence-corrected chi connectivity index (χ3v) is 3.60. The van der Waals surface area contributed by atoms with Crippen LogP contribution in [-0.2, 0) is 16.0 Å². The molecule has 3 nitrogen and oxygen atoms in total. The highest BCUT2D eigenvalue weighted by molar-refractivity contribution is 9.10. The minimum atomic E-state index is -0.490. The van der Waals surface area contributed by atoms with E-state index in [1.807, 2.05) is 13.8 Å². The molecule has 21 heavy (non-hydrogen) atoms. The van der Waals surface area contributed by atoms with Gasteiger partial charge < -0.3 is 10.1 Å². The molecule has 1 amide bonds. The number of amides is 1. The van der Waals surface area contributed by atoms with Crippen molar-refractivity contribution in [2.24, 2.45) is 5.92 Å². The summed E-state index contributed by atoms with van der Waals surface area (Å²) >= 11 is 8.46. The van der Waals surface area contributed by atoms with Crippen LogP contribution in [0.3, 0.4) is 0 Å². The van der Waals surface area contributed by atoms with Gasteiger partial charge in [-0.1, -0.05) is 29.8 Å². The Labute approximate surface area is 138 Å². The number of anilines is 1. The summed E-state index contributed by atoms with van der Waals surface area (Å²) in [6, 6.07) is 2.90. The van der Waals surface area contributed by atoms with E-state index in [1.165, 1.54) is 6.07 Å². The summed E-state index contributed by atoms with van der Waals surface area (Å²) in [6.07, 6.45) is 0.371. The molecule has 116 valence electrons. The first-order valence-corrected chi connectivity index (χ1v) is 7.89. The molecule has 0 saturated heterocycles. The monoisotopic (exact) mass is 375 g/mol. The maximum atomic E-state index is 13.9. The number of carbonyl (C=O) groups is 1. The van der Waals surface area contributed by atoms with E-state index in [9.17, 15) is 9.18 Å². The molecule has 0 saturated carbocycles. The van der Waals surface area contributed by atoms with Crippen molar-refractivity contribution in [2.45, 2.75) is 40.2 Å². The Kier molecular flexibility index (Phi) is 6.74. The van der Waals surface area contributed by atoms with E-state index in [0.29, 0.717) is 15.9 Å². The van der Waals surface area contributed by atoms with Crippen molar-refractivity contribution >= 4 is 44.8 Å². The van der Waals surface area contributed by atoms with Gasteiger partial charge in [-0.15, -0.1) is 0 Å². The molecule has 0 aliphatic carbocycles. The van der Waals surface area contributed by atoms with Crippen molar-refractivity contribution in [3.8, 4) is 0 Å². The number of hydrogen-bond donors (Lipinski definition) is 1. The first kappa shape index (κ1) is 18.0. The minimum Gasteiger partial charge on any atom is -0.484 e. The number of rotatable bonds is 5. The van der Waals surface area contributed by atoms with Crippen molar-refractivity contribution in [1.29, 1.82) is 0 Å². The van der Waals surface area contributed by atoms with E-state index < -0.39 is 5.82 Å². The summed E-state index contributed by atoms with van der Waals surface area (Å²) in [7, 11) is 0. The Bertz CT molecular complexity index is 547. The van der Waals surface area contributed by atoms with Gasteiger partial charge >= 0.3 is 0 Å². The van der Waals surface area contributed by atoms with Crippen LogP contribution in [0.5, 0.6) is 0 Å². The zero-order valence-electron chi connectivity index (χ0n) is 12.5. The number of carbonyl (C=O) groups excluding carboxylic acids is 1. The van der Waals surface area contributed by atoms with Crippen LogP contribution < -0.4 is 5.32 Å². The van der Waals surface area contributed by atoms with E-state index in [2.05, 4.69) is 21.2 Å². The van der Waals surface area contributed by atoms with Crippen LogP contribution in [0.1, 0.15) is 33.3 Å². The molecule has 0 unspecified atom stereocenters. The van der Waals surface area contributed by atoms with Gasteiger partial charge in [0.25, 0.3) is 0 Å². The summed E-state index contributed by atoms with van der Waals surface area (Å²) in [5, 5.41) is 3.00. The van der Waals surface area contributed by atoms with E-state index in [0.717, 1.165) is 5.56 Å². The van der Waals surface area contributed by atoms with E-state index in [1.54, 1.807) is 19.9 Å². The second-order valence-corrected chi connectivity index (χ2v) is 6.59. The van der Waals surface area contributed by atoms with Crippen molar-refractivity contribution < 1.29 is 13.9 Å². The third kappa shape index (κ3) is 5.71. The van der Waals surface area contributed by atoms with Crippen LogP contribution >= 0.6 is 28.1 Å². The number of ether oxygens (including phenoxy) is 1. The molecule has 0 spiro atoms. The average molecular weight is 376 g/mol. The predicted octanol–water partition coefficient (Wildman–Crippen LogP) is 4.48. The topological polar surface area (TPSA) is 38.3 Å². The lowest BCUT2D eigenvalue weighted by molar-refractivity contribution is -0.118. The number of benzene rings is 1. The van der Waals surface area contributed by atoms with Gasteiger partial charge in [-0.2, -0.15) is 0 Å². The highest BCUT2D eigenvalue weighted by atomic mass is 79.9. The quantitative estimate of drug-likeness (QED) is 0.771. The van der Waals surface area contributed by atoms with Gasteiger partial charge in [0.1, 0.15) is 5.82 Å². The van der Waals surface area contributed by atoms with Crippen molar-refractivity contribution in [2.75, 3.05) is 5.32 Å². The van der Waals surface area contributed by atoms with Crippen LogP contribution in [0, 0.1) is 11.7 Å². The summed E-state index contributed by atoms with van der Waals surface area (Å²) in [6.45, 7) is 7.28. The van der Waals surface area contributed by atoms with Gasteiger partial charge in [0, 0.05) is 16.8 Å². The van der Waals surface area contributed by atoms with Gasteiger partial charge in [0.2, 0.25) is 5.91 Å². The van der Waals surface area contributed by atoms with Crippen LogP contribution in [0.4, 0.5) is 10.1 Å². The predicted molar refractivity (Wildman–Crippen MR) is 90.1 cm³/mol. The molecule has 1 aromatic carbocycles. The number of thiocarbonyl (C=S) groups is 1. The molecule has 0 fully saturated rings. The molecule has 0 radical (unpaired) electrons. The SMILES string of the molecule is CC(C)OC(=S)Cc1cc(NC(=O)C(C)C)c(F)cc1Br. The zero-order chi connectivity index (χ0) is 16.2. The summed E-state index contributed by atoms with van der Waals surface area (Å²) in [5.74, 6) is -0.944. The van der Waals surface area contributed by atoms with Gasteiger partial charge in [-0.05, 0) is 43.8 Å². The molecular formula is C15H19BrFNO2S.